The molecule has 1 aliphatic rings. The van der Waals surface area contributed by atoms with Crippen molar-refractivity contribution < 1.29 is 17.9 Å². The predicted molar refractivity (Wildman–Crippen MR) is 100 cm³/mol. The fraction of sp³-hybridized carbons (Fsp3) is 0.500. The van der Waals surface area contributed by atoms with E-state index in [1.165, 1.54) is 50.3 Å². The van der Waals surface area contributed by atoms with E-state index in [1.807, 2.05) is 12.1 Å². The number of allylic oxidation sites excluding steroid dienone is 4. The number of hydrogen-bond donors (Lipinski definition) is 0. The van der Waals surface area contributed by atoms with Crippen molar-refractivity contribution in [2.24, 2.45) is 11.8 Å². The van der Waals surface area contributed by atoms with Gasteiger partial charge in [0.25, 0.3) is 0 Å². The summed E-state index contributed by atoms with van der Waals surface area (Å²) in [6.07, 6.45) is 11.9. The number of nitriles is 1. The maximum atomic E-state index is 12.2. The van der Waals surface area contributed by atoms with E-state index in [1.54, 1.807) is 18.2 Å². The van der Waals surface area contributed by atoms with Gasteiger partial charge in [-0.05, 0) is 55.2 Å². The minimum absolute atomic E-state index is 0.163. The molecule has 0 bridgehead atoms. The molecule has 0 aliphatic heterocycles. The lowest BCUT2D eigenvalue weighted by atomic mass is 9.78. The van der Waals surface area contributed by atoms with Crippen LogP contribution in [0.1, 0.15) is 50.5 Å². The van der Waals surface area contributed by atoms with Crippen molar-refractivity contribution in [1.82, 2.24) is 0 Å². The molecular formula is C22H26F3NO. The summed E-state index contributed by atoms with van der Waals surface area (Å²) < 4.78 is 40.4. The third-order valence-electron chi connectivity index (χ3n) is 5.12. The topological polar surface area (TPSA) is 33.0 Å². The first-order valence-electron chi connectivity index (χ1n) is 9.52. The highest BCUT2D eigenvalue weighted by Gasteiger charge is 2.31. The molecule has 0 N–H and O–H groups in total. The Morgan fingerprint density at radius 2 is 1.63 bits per heavy atom. The maximum absolute atomic E-state index is 12.2. The van der Waals surface area contributed by atoms with Gasteiger partial charge < -0.3 is 4.74 Å². The number of nitrogens with zero attached hydrogens (tertiary/aromatic N) is 1. The number of hydrogen-bond acceptors (Lipinski definition) is 2. The van der Waals surface area contributed by atoms with Crippen LogP contribution in [0.5, 0.6) is 5.75 Å². The van der Waals surface area contributed by atoms with Crippen LogP contribution in [-0.2, 0) is 6.42 Å². The lowest BCUT2D eigenvalue weighted by Gasteiger charge is -2.28. The molecule has 0 radical (unpaired) electrons. The Morgan fingerprint density at radius 3 is 2.22 bits per heavy atom. The number of ether oxygens (including phenoxy) is 1. The van der Waals surface area contributed by atoms with E-state index in [4.69, 9.17) is 5.26 Å². The first kappa shape index (κ1) is 21.1. The van der Waals surface area contributed by atoms with Crippen molar-refractivity contribution in [1.29, 1.82) is 5.26 Å². The Bertz CT molecular complexity index is 648. The standard InChI is InChI=1S/C22H26F3NO/c23-22(24,25)27-21-15-13-20(14-16-21)12-11-19-9-7-18(8-10-19)6-4-2-1-3-5-17-26/h1-3,5,13-16,18-19H,4,6-12H2. The molecule has 1 saturated carbocycles. The average Bonchev–Trinajstić information content (AvgIpc) is 2.64. The summed E-state index contributed by atoms with van der Waals surface area (Å²) in [6, 6.07) is 8.18. The third kappa shape index (κ3) is 8.81. The van der Waals surface area contributed by atoms with Gasteiger partial charge in [-0.2, -0.15) is 5.26 Å². The summed E-state index contributed by atoms with van der Waals surface area (Å²) >= 11 is 0. The summed E-state index contributed by atoms with van der Waals surface area (Å²) in [5, 5.41) is 8.40. The minimum Gasteiger partial charge on any atom is -0.406 e. The van der Waals surface area contributed by atoms with Gasteiger partial charge in [0.1, 0.15) is 5.75 Å². The van der Waals surface area contributed by atoms with Crippen molar-refractivity contribution in [2.45, 2.75) is 57.7 Å². The zero-order chi connectivity index (χ0) is 19.5. The van der Waals surface area contributed by atoms with E-state index >= 15 is 0 Å². The van der Waals surface area contributed by atoms with Crippen LogP contribution in [0.25, 0.3) is 0 Å². The van der Waals surface area contributed by atoms with Gasteiger partial charge in [0, 0.05) is 6.08 Å². The van der Waals surface area contributed by atoms with Crippen LogP contribution in [0.3, 0.4) is 0 Å². The Balaban J connectivity index is 1.64. The molecule has 1 aromatic rings. The lowest BCUT2D eigenvalue weighted by molar-refractivity contribution is -0.274. The van der Waals surface area contributed by atoms with Gasteiger partial charge in [0.15, 0.2) is 0 Å². The van der Waals surface area contributed by atoms with E-state index in [0.29, 0.717) is 5.92 Å². The van der Waals surface area contributed by atoms with E-state index in [-0.39, 0.29) is 5.75 Å². The second-order valence-electron chi connectivity index (χ2n) is 7.11. The summed E-state index contributed by atoms with van der Waals surface area (Å²) in [7, 11) is 0. The normalized spacial score (nSPS) is 20.8. The van der Waals surface area contributed by atoms with E-state index in [9.17, 15) is 13.2 Å². The lowest BCUT2D eigenvalue weighted by Crippen LogP contribution is -2.17. The summed E-state index contributed by atoms with van der Waals surface area (Å²) in [5.41, 5.74) is 1.06. The highest BCUT2D eigenvalue weighted by atomic mass is 19.4. The molecule has 0 amide bonds. The predicted octanol–water partition coefficient (Wildman–Crippen LogP) is 6.74. The van der Waals surface area contributed by atoms with Crippen molar-refractivity contribution in [3.8, 4) is 11.8 Å². The van der Waals surface area contributed by atoms with Gasteiger partial charge in [-0.3, -0.25) is 0 Å². The van der Waals surface area contributed by atoms with Crippen LogP contribution in [0.4, 0.5) is 13.2 Å². The summed E-state index contributed by atoms with van der Waals surface area (Å²) in [5.74, 6) is 1.33. The molecule has 5 heteroatoms. The molecule has 146 valence electrons. The second kappa shape index (κ2) is 10.8. The van der Waals surface area contributed by atoms with Crippen molar-refractivity contribution in [3.05, 3.63) is 54.1 Å². The smallest absolute Gasteiger partial charge is 0.406 e. The molecule has 1 aliphatic carbocycles. The van der Waals surface area contributed by atoms with Gasteiger partial charge in [-0.15, -0.1) is 13.2 Å². The van der Waals surface area contributed by atoms with E-state index in [2.05, 4.69) is 10.8 Å². The number of alkyl halides is 3. The highest BCUT2D eigenvalue weighted by molar-refractivity contribution is 5.27. The van der Waals surface area contributed by atoms with E-state index in [0.717, 1.165) is 30.7 Å². The third-order valence-corrected chi connectivity index (χ3v) is 5.12. The molecule has 27 heavy (non-hydrogen) atoms. The SMILES string of the molecule is N#CC=CC=CCCC1CCC(CCc2ccc(OC(F)(F)F)cc2)CC1. The number of aryl methyl sites for hydroxylation is 1. The number of rotatable bonds is 8. The van der Waals surface area contributed by atoms with E-state index < -0.39 is 6.36 Å². The van der Waals surface area contributed by atoms with Gasteiger partial charge >= 0.3 is 6.36 Å². The molecule has 2 nitrogen and oxygen atoms in total. The van der Waals surface area contributed by atoms with Crippen LogP contribution < -0.4 is 4.74 Å². The Hall–Kier alpha value is -2.22. The molecular weight excluding hydrogens is 351 g/mol. The average molecular weight is 377 g/mol. The molecule has 0 aromatic heterocycles. The molecule has 0 atom stereocenters. The van der Waals surface area contributed by atoms with Gasteiger partial charge in [-0.1, -0.05) is 56.0 Å². The first-order chi connectivity index (χ1) is 13.0. The highest BCUT2D eigenvalue weighted by Crippen LogP contribution is 2.34. The number of benzene rings is 1. The largest absolute Gasteiger partial charge is 0.573 e. The Kier molecular flexibility index (Phi) is 8.44. The summed E-state index contributed by atoms with van der Waals surface area (Å²) in [4.78, 5) is 0. The maximum Gasteiger partial charge on any atom is 0.573 e. The van der Waals surface area contributed by atoms with Crippen LogP contribution in [0.2, 0.25) is 0 Å². The fourth-order valence-corrected chi connectivity index (χ4v) is 3.64. The Morgan fingerprint density at radius 1 is 1.00 bits per heavy atom. The molecule has 1 aromatic carbocycles. The fourth-order valence-electron chi connectivity index (χ4n) is 3.64. The molecule has 0 spiro atoms. The zero-order valence-corrected chi connectivity index (χ0v) is 15.4. The van der Waals surface area contributed by atoms with Gasteiger partial charge in [0.05, 0.1) is 6.07 Å². The first-order valence-corrected chi connectivity index (χ1v) is 9.52. The van der Waals surface area contributed by atoms with Gasteiger partial charge in [-0.25, -0.2) is 0 Å². The monoisotopic (exact) mass is 377 g/mol. The van der Waals surface area contributed by atoms with Crippen LogP contribution in [0, 0.1) is 23.2 Å². The molecule has 1 fully saturated rings. The Labute approximate surface area is 159 Å². The summed E-state index contributed by atoms with van der Waals surface area (Å²) in [6.45, 7) is 0. The molecule has 0 saturated heterocycles. The molecule has 0 heterocycles. The molecule has 0 unspecified atom stereocenters. The number of halogens is 3. The van der Waals surface area contributed by atoms with Crippen molar-refractivity contribution in [3.63, 3.8) is 0 Å². The van der Waals surface area contributed by atoms with Gasteiger partial charge in [0.2, 0.25) is 0 Å². The minimum atomic E-state index is -4.64. The van der Waals surface area contributed by atoms with Crippen molar-refractivity contribution >= 4 is 0 Å². The van der Waals surface area contributed by atoms with Crippen molar-refractivity contribution in [2.75, 3.05) is 0 Å². The quantitative estimate of drug-likeness (QED) is 0.371. The van der Waals surface area contributed by atoms with Crippen LogP contribution in [0.15, 0.2) is 48.6 Å². The van der Waals surface area contributed by atoms with Crippen LogP contribution >= 0.6 is 0 Å². The molecule has 2 rings (SSSR count). The van der Waals surface area contributed by atoms with Crippen LogP contribution in [-0.4, -0.2) is 6.36 Å². The second-order valence-corrected chi connectivity index (χ2v) is 7.11. The zero-order valence-electron chi connectivity index (χ0n) is 15.4.